The summed E-state index contributed by atoms with van der Waals surface area (Å²) in [6.45, 7) is 22.0. The largest absolute Gasteiger partial charge is 0.388 e. The molecule has 90 valence electrons. The minimum atomic E-state index is 1.01. The average Bonchev–Trinajstić information content (AvgIpc) is 2.11. The number of hydrogen-bond acceptors (Lipinski definition) is 2. The second-order valence-corrected chi connectivity index (χ2v) is 3.94. The Kier molecular flexibility index (Phi) is 12.6. The van der Waals surface area contributed by atoms with E-state index in [9.17, 15) is 0 Å². The fraction of sp³-hybridized carbons (Fsp3) is 0.692. The van der Waals surface area contributed by atoms with E-state index in [0.29, 0.717) is 0 Å². The molecule has 0 radical (unpaired) electrons. The van der Waals surface area contributed by atoms with Crippen molar-refractivity contribution < 1.29 is 0 Å². The van der Waals surface area contributed by atoms with Gasteiger partial charge in [0.15, 0.2) is 0 Å². The molecule has 2 nitrogen and oxygen atoms in total. The Labute approximate surface area is 96.1 Å². The molecule has 0 aliphatic rings. The molecule has 15 heavy (non-hydrogen) atoms. The van der Waals surface area contributed by atoms with E-state index in [-0.39, 0.29) is 0 Å². The molecule has 1 N–H and O–H groups in total. The standard InChI is InChI=1S/C9H20N2.C4H8/c1-5-11(6-2)8-7-10-9(3)4;1-4(2)3/h10H,3,5-8H2,1-2,4H3;1H2,2-3H3. The van der Waals surface area contributed by atoms with Crippen molar-refractivity contribution in [2.75, 3.05) is 26.2 Å². The molecule has 0 heterocycles. The molecule has 0 aliphatic heterocycles. The second kappa shape index (κ2) is 11.3. The van der Waals surface area contributed by atoms with E-state index in [1.165, 1.54) is 5.57 Å². The maximum atomic E-state index is 3.77. The average molecular weight is 212 g/mol. The predicted molar refractivity (Wildman–Crippen MR) is 71.1 cm³/mol. The van der Waals surface area contributed by atoms with Gasteiger partial charge < -0.3 is 10.2 Å². The van der Waals surface area contributed by atoms with Crippen molar-refractivity contribution in [1.82, 2.24) is 10.2 Å². The van der Waals surface area contributed by atoms with Crippen molar-refractivity contribution in [2.45, 2.75) is 34.6 Å². The van der Waals surface area contributed by atoms with Gasteiger partial charge in [0.25, 0.3) is 0 Å². The van der Waals surface area contributed by atoms with Crippen LogP contribution in [0.1, 0.15) is 34.6 Å². The molecule has 0 bridgehead atoms. The van der Waals surface area contributed by atoms with Crippen LogP contribution in [0.25, 0.3) is 0 Å². The Hall–Kier alpha value is -0.760. The van der Waals surface area contributed by atoms with Crippen LogP contribution >= 0.6 is 0 Å². The van der Waals surface area contributed by atoms with Crippen molar-refractivity contribution in [2.24, 2.45) is 0 Å². The lowest BCUT2D eigenvalue weighted by molar-refractivity contribution is 0.306. The number of rotatable bonds is 6. The molecule has 0 aromatic heterocycles. The molecular formula is C13H28N2. The molecule has 0 spiro atoms. The predicted octanol–water partition coefficient (Wildman–Crippen LogP) is 3.03. The smallest absolute Gasteiger partial charge is 0.0271 e. The molecule has 0 rings (SSSR count). The van der Waals surface area contributed by atoms with Crippen LogP contribution in [0.5, 0.6) is 0 Å². The summed E-state index contributed by atoms with van der Waals surface area (Å²) < 4.78 is 0. The van der Waals surface area contributed by atoms with Crippen molar-refractivity contribution >= 4 is 0 Å². The van der Waals surface area contributed by atoms with Gasteiger partial charge in [0.2, 0.25) is 0 Å². The molecular weight excluding hydrogens is 184 g/mol. The molecule has 0 aromatic rings. The Bertz CT molecular complexity index is 165. The van der Waals surface area contributed by atoms with Gasteiger partial charge in [-0.15, -0.1) is 6.58 Å². The topological polar surface area (TPSA) is 15.3 Å². The molecule has 0 saturated carbocycles. The lowest BCUT2D eigenvalue weighted by Gasteiger charge is -2.18. The number of nitrogens with one attached hydrogen (secondary N) is 1. The zero-order valence-electron chi connectivity index (χ0n) is 11.2. The summed E-state index contributed by atoms with van der Waals surface area (Å²) in [4.78, 5) is 2.38. The second-order valence-electron chi connectivity index (χ2n) is 3.94. The summed E-state index contributed by atoms with van der Waals surface area (Å²) in [5, 5.41) is 3.21. The van der Waals surface area contributed by atoms with Crippen LogP contribution in [0.3, 0.4) is 0 Å². The first-order valence-corrected chi connectivity index (χ1v) is 5.67. The van der Waals surface area contributed by atoms with Crippen LogP contribution in [0.4, 0.5) is 0 Å². The first-order valence-electron chi connectivity index (χ1n) is 5.67. The van der Waals surface area contributed by atoms with E-state index >= 15 is 0 Å². The minimum absolute atomic E-state index is 1.01. The van der Waals surface area contributed by atoms with Gasteiger partial charge in [-0.05, 0) is 33.9 Å². The fourth-order valence-corrected chi connectivity index (χ4v) is 0.967. The first kappa shape index (κ1) is 16.7. The van der Waals surface area contributed by atoms with Gasteiger partial charge >= 0.3 is 0 Å². The lowest BCUT2D eigenvalue weighted by Crippen LogP contribution is -2.31. The Morgan fingerprint density at radius 1 is 1.07 bits per heavy atom. The Balaban J connectivity index is 0. The van der Waals surface area contributed by atoms with Gasteiger partial charge in [-0.1, -0.05) is 26.0 Å². The van der Waals surface area contributed by atoms with Crippen LogP contribution in [0.15, 0.2) is 24.4 Å². The Morgan fingerprint density at radius 2 is 1.47 bits per heavy atom. The highest BCUT2D eigenvalue weighted by Crippen LogP contribution is 1.85. The van der Waals surface area contributed by atoms with Crippen LogP contribution in [-0.2, 0) is 0 Å². The summed E-state index contributed by atoms with van der Waals surface area (Å²) >= 11 is 0. The normalized spacial score (nSPS) is 9.20. The van der Waals surface area contributed by atoms with Crippen LogP contribution in [0, 0.1) is 0 Å². The van der Waals surface area contributed by atoms with E-state index < -0.39 is 0 Å². The maximum Gasteiger partial charge on any atom is 0.0271 e. The summed E-state index contributed by atoms with van der Waals surface area (Å²) in [5.41, 5.74) is 2.22. The van der Waals surface area contributed by atoms with E-state index in [1.54, 1.807) is 0 Å². The summed E-state index contributed by atoms with van der Waals surface area (Å²) in [6, 6.07) is 0. The molecule has 2 heteroatoms. The highest BCUT2D eigenvalue weighted by molar-refractivity contribution is 4.84. The monoisotopic (exact) mass is 212 g/mol. The number of likely N-dealkylation sites (N-methyl/N-ethyl adjacent to an activating group) is 1. The van der Waals surface area contributed by atoms with Gasteiger partial charge in [0.05, 0.1) is 0 Å². The molecule has 0 aromatic carbocycles. The Morgan fingerprint density at radius 3 is 1.73 bits per heavy atom. The van der Waals surface area contributed by atoms with Crippen molar-refractivity contribution in [3.05, 3.63) is 24.4 Å². The van der Waals surface area contributed by atoms with Crippen LogP contribution in [-0.4, -0.2) is 31.1 Å². The minimum Gasteiger partial charge on any atom is -0.388 e. The SMILES string of the molecule is C=C(C)C.C=C(C)NCCN(CC)CC. The van der Waals surface area contributed by atoms with Crippen molar-refractivity contribution in [1.29, 1.82) is 0 Å². The molecule has 0 amide bonds. The van der Waals surface area contributed by atoms with Gasteiger partial charge in [0.1, 0.15) is 0 Å². The van der Waals surface area contributed by atoms with Crippen molar-refractivity contribution in [3.63, 3.8) is 0 Å². The molecule has 0 unspecified atom stereocenters. The van der Waals surface area contributed by atoms with E-state index in [4.69, 9.17) is 0 Å². The van der Waals surface area contributed by atoms with Gasteiger partial charge in [-0.3, -0.25) is 0 Å². The zero-order valence-corrected chi connectivity index (χ0v) is 11.2. The highest BCUT2D eigenvalue weighted by Gasteiger charge is 1.96. The summed E-state index contributed by atoms with van der Waals surface area (Å²) in [7, 11) is 0. The first-order chi connectivity index (χ1) is 6.93. The quantitative estimate of drug-likeness (QED) is 0.681. The van der Waals surface area contributed by atoms with E-state index in [0.717, 1.165) is 31.9 Å². The zero-order chi connectivity index (χ0) is 12.3. The van der Waals surface area contributed by atoms with Gasteiger partial charge in [-0.25, -0.2) is 0 Å². The number of allylic oxidation sites excluding steroid dienone is 2. The van der Waals surface area contributed by atoms with E-state index in [2.05, 4.69) is 37.2 Å². The van der Waals surface area contributed by atoms with E-state index in [1.807, 2.05) is 20.8 Å². The molecule has 0 fully saturated rings. The summed E-state index contributed by atoms with van der Waals surface area (Å²) in [5.74, 6) is 0. The highest BCUT2D eigenvalue weighted by atomic mass is 15.1. The number of nitrogens with zero attached hydrogens (tertiary/aromatic N) is 1. The fourth-order valence-electron chi connectivity index (χ4n) is 0.967. The van der Waals surface area contributed by atoms with Crippen LogP contribution in [0.2, 0.25) is 0 Å². The third-order valence-electron chi connectivity index (χ3n) is 1.75. The van der Waals surface area contributed by atoms with Crippen molar-refractivity contribution in [3.8, 4) is 0 Å². The summed E-state index contributed by atoms with van der Waals surface area (Å²) in [6.07, 6.45) is 0. The van der Waals surface area contributed by atoms with Gasteiger partial charge in [-0.2, -0.15) is 0 Å². The third kappa shape index (κ3) is 19.6. The lowest BCUT2D eigenvalue weighted by atomic mass is 10.4. The number of hydrogen-bond donors (Lipinski definition) is 1. The van der Waals surface area contributed by atoms with Crippen LogP contribution < -0.4 is 5.32 Å². The molecule has 0 atom stereocenters. The molecule has 0 saturated heterocycles. The third-order valence-corrected chi connectivity index (χ3v) is 1.75. The van der Waals surface area contributed by atoms with Gasteiger partial charge in [0, 0.05) is 18.8 Å². The maximum absolute atomic E-state index is 3.77. The molecule has 0 aliphatic carbocycles.